The third kappa shape index (κ3) is 1.64. The molecule has 0 fully saturated rings. The molecule has 0 saturated carbocycles. The molecule has 14 heavy (non-hydrogen) atoms. The summed E-state index contributed by atoms with van der Waals surface area (Å²) in [6.45, 7) is 2.14. The summed E-state index contributed by atoms with van der Waals surface area (Å²) in [5.74, 6) is 0. The fourth-order valence-electron chi connectivity index (χ4n) is 1.75. The predicted octanol–water partition coefficient (Wildman–Crippen LogP) is 4.49. The number of hydrogen-bond donors (Lipinski definition) is 0. The second kappa shape index (κ2) is 4.05. The molecule has 0 bridgehead atoms. The van der Waals surface area contributed by atoms with Crippen molar-refractivity contribution in [2.45, 2.75) is 18.6 Å². The third-order valence-corrected chi connectivity index (χ3v) is 3.13. The van der Waals surface area contributed by atoms with E-state index < -0.39 is 0 Å². The van der Waals surface area contributed by atoms with Crippen LogP contribution in [0.1, 0.15) is 24.2 Å². The van der Waals surface area contributed by atoms with Crippen LogP contribution in [-0.2, 0) is 0 Å². The lowest BCUT2D eigenvalue weighted by atomic mass is 10.0. The molecule has 0 nitrogen and oxygen atoms in total. The first-order chi connectivity index (χ1) is 6.83. The van der Waals surface area contributed by atoms with Crippen LogP contribution in [0.15, 0.2) is 42.5 Å². The Morgan fingerprint density at radius 1 is 1.07 bits per heavy atom. The zero-order valence-corrected chi connectivity index (χ0v) is 9.05. The lowest BCUT2D eigenvalue weighted by molar-refractivity contribution is 0.910. The first kappa shape index (κ1) is 9.60. The third-order valence-electron chi connectivity index (χ3n) is 2.54. The number of benzene rings is 2. The zero-order chi connectivity index (χ0) is 9.97. The molecule has 0 aliphatic carbocycles. The van der Waals surface area contributed by atoms with Gasteiger partial charge in [0.1, 0.15) is 0 Å². The standard InChI is InChI=1S/C13H13S/c1-2-13(14)12-9-5-7-10-6-3-4-8-11(10)12/h3-9,13H,2H2,1H3. The summed E-state index contributed by atoms with van der Waals surface area (Å²) in [6, 6.07) is 14.8. The lowest BCUT2D eigenvalue weighted by Gasteiger charge is -2.10. The molecule has 2 rings (SSSR count). The maximum absolute atomic E-state index is 5.43. The molecule has 0 N–H and O–H groups in total. The van der Waals surface area contributed by atoms with E-state index >= 15 is 0 Å². The summed E-state index contributed by atoms with van der Waals surface area (Å²) in [4.78, 5) is 0. The van der Waals surface area contributed by atoms with Crippen LogP contribution in [-0.4, -0.2) is 0 Å². The van der Waals surface area contributed by atoms with Crippen LogP contribution in [0, 0.1) is 0 Å². The molecular weight excluding hydrogens is 188 g/mol. The normalized spacial score (nSPS) is 13.0. The topological polar surface area (TPSA) is 0 Å². The molecule has 1 atom stereocenters. The predicted molar refractivity (Wildman–Crippen MR) is 64.6 cm³/mol. The summed E-state index contributed by atoms with van der Waals surface area (Å²) >= 11 is 5.43. The highest BCUT2D eigenvalue weighted by molar-refractivity contribution is 7.80. The van der Waals surface area contributed by atoms with Crippen molar-refractivity contribution in [2.24, 2.45) is 0 Å². The summed E-state index contributed by atoms with van der Waals surface area (Å²) < 4.78 is 0. The Labute approximate surface area is 90.4 Å². The molecule has 71 valence electrons. The first-order valence-corrected chi connectivity index (χ1v) is 5.43. The Balaban J connectivity index is 2.65. The van der Waals surface area contributed by atoms with Gasteiger partial charge in [0.2, 0.25) is 0 Å². The van der Waals surface area contributed by atoms with E-state index in [0.717, 1.165) is 6.42 Å². The molecule has 0 amide bonds. The average molecular weight is 201 g/mol. The number of rotatable bonds is 2. The Hall–Kier alpha value is -0.950. The van der Waals surface area contributed by atoms with Crippen LogP contribution in [0.25, 0.3) is 10.8 Å². The SMILES string of the molecule is CCC([S])c1cccc2ccccc12. The van der Waals surface area contributed by atoms with Crippen molar-refractivity contribution in [1.82, 2.24) is 0 Å². The molecule has 0 aliphatic heterocycles. The Bertz CT molecular complexity index is 429. The van der Waals surface area contributed by atoms with Gasteiger partial charge in [-0.25, -0.2) is 0 Å². The van der Waals surface area contributed by atoms with Gasteiger partial charge in [0.05, 0.1) is 0 Å². The number of fused-ring (bicyclic) bond motifs is 1. The molecule has 0 aliphatic rings. The van der Waals surface area contributed by atoms with Crippen LogP contribution in [0.2, 0.25) is 0 Å². The Morgan fingerprint density at radius 3 is 2.57 bits per heavy atom. The minimum absolute atomic E-state index is 0.237. The van der Waals surface area contributed by atoms with Gasteiger partial charge < -0.3 is 0 Å². The van der Waals surface area contributed by atoms with Crippen molar-refractivity contribution in [3.05, 3.63) is 48.0 Å². The maximum atomic E-state index is 5.43. The summed E-state index contributed by atoms with van der Waals surface area (Å²) in [7, 11) is 0. The van der Waals surface area contributed by atoms with Gasteiger partial charge in [-0.2, -0.15) is 0 Å². The minimum atomic E-state index is 0.237. The van der Waals surface area contributed by atoms with Crippen molar-refractivity contribution in [1.29, 1.82) is 0 Å². The van der Waals surface area contributed by atoms with E-state index in [2.05, 4.69) is 49.4 Å². The van der Waals surface area contributed by atoms with Gasteiger partial charge >= 0.3 is 0 Å². The molecular formula is C13H13S. The molecule has 2 aromatic rings. The van der Waals surface area contributed by atoms with Gasteiger partial charge in [-0.1, -0.05) is 62.0 Å². The molecule has 2 aromatic carbocycles. The van der Waals surface area contributed by atoms with E-state index in [4.69, 9.17) is 12.6 Å². The molecule has 0 heterocycles. The van der Waals surface area contributed by atoms with E-state index in [1.165, 1.54) is 16.3 Å². The lowest BCUT2D eigenvalue weighted by Crippen LogP contribution is -1.89. The van der Waals surface area contributed by atoms with Gasteiger partial charge in [0.15, 0.2) is 0 Å². The molecule has 1 radical (unpaired) electrons. The van der Waals surface area contributed by atoms with Gasteiger partial charge in [-0.3, -0.25) is 0 Å². The fourth-order valence-corrected chi connectivity index (χ4v) is 1.96. The molecule has 0 spiro atoms. The van der Waals surface area contributed by atoms with Crippen LogP contribution in [0.5, 0.6) is 0 Å². The molecule has 0 saturated heterocycles. The summed E-state index contributed by atoms with van der Waals surface area (Å²) in [5.41, 5.74) is 1.29. The van der Waals surface area contributed by atoms with Crippen molar-refractivity contribution < 1.29 is 0 Å². The van der Waals surface area contributed by atoms with E-state index in [0.29, 0.717) is 0 Å². The number of hydrogen-bond acceptors (Lipinski definition) is 0. The van der Waals surface area contributed by atoms with Crippen molar-refractivity contribution in [3.8, 4) is 0 Å². The van der Waals surface area contributed by atoms with Crippen LogP contribution in [0.3, 0.4) is 0 Å². The second-order valence-corrected chi connectivity index (χ2v) is 4.03. The van der Waals surface area contributed by atoms with Crippen LogP contribution < -0.4 is 0 Å². The monoisotopic (exact) mass is 201 g/mol. The maximum Gasteiger partial charge on any atom is 0.0404 e. The Kier molecular flexibility index (Phi) is 2.78. The van der Waals surface area contributed by atoms with Crippen molar-refractivity contribution in [2.75, 3.05) is 0 Å². The van der Waals surface area contributed by atoms with E-state index in [-0.39, 0.29) is 5.25 Å². The molecule has 1 heteroatoms. The molecule has 1 unspecified atom stereocenters. The molecule has 0 aromatic heterocycles. The van der Waals surface area contributed by atoms with Crippen molar-refractivity contribution in [3.63, 3.8) is 0 Å². The smallest absolute Gasteiger partial charge is 0.0404 e. The highest BCUT2D eigenvalue weighted by atomic mass is 32.1. The summed E-state index contributed by atoms with van der Waals surface area (Å²) in [6.07, 6.45) is 1.02. The highest BCUT2D eigenvalue weighted by Crippen LogP contribution is 2.29. The van der Waals surface area contributed by atoms with Crippen LogP contribution >= 0.6 is 12.6 Å². The van der Waals surface area contributed by atoms with Gasteiger partial charge in [-0.05, 0) is 22.8 Å². The van der Waals surface area contributed by atoms with E-state index in [9.17, 15) is 0 Å². The van der Waals surface area contributed by atoms with Gasteiger partial charge in [-0.15, -0.1) is 0 Å². The van der Waals surface area contributed by atoms with E-state index in [1.807, 2.05) is 0 Å². The van der Waals surface area contributed by atoms with Crippen molar-refractivity contribution >= 4 is 23.4 Å². The summed E-state index contributed by atoms with van der Waals surface area (Å²) in [5, 5.41) is 2.83. The highest BCUT2D eigenvalue weighted by Gasteiger charge is 2.07. The quantitative estimate of drug-likeness (QED) is 0.671. The van der Waals surface area contributed by atoms with Crippen LogP contribution in [0.4, 0.5) is 0 Å². The fraction of sp³-hybridized carbons (Fsp3) is 0.231. The average Bonchev–Trinajstić information content (AvgIpc) is 2.27. The Morgan fingerprint density at radius 2 is 1.79 bits per heavy atom. The largest absolute Gasteiger partial charge is 0.0853 e. The minimum Gasteiger partial charge on any atom is -0.0853 e. The second-order valence-electron chi connectivity index (χ2n) is 3.47. The first-order valence-electron chi connectivity index (χ1n) is 4.96. The van der Waals surface area contributed by atoms with Gasteiger partial charge in [0.25, 0.3) is 0 Å². The van der Waals surface area contributed by atoms with E-state index in [1.54, 1.807) is 0 Å². The zero-order valence-electron chi connectivity index (χ0n) is 8.23. The van der Waals surface area contributed by atoms with Gasteiger partial charge in [0, 0.05) is 5.25 Å².